The van der Waals surface area contributed by atoms with Gasteiger partial charge in [-0.05, 0) is 43.4 Å². The molecule has 1 amide bonds. The smallest absolute Gasteiger partial charge is 0.253 e. The first-order valence-corrected chi connectivity index (χ1v) is 11.0. The Morgan fingerprint density at radius 2 is 2.09 bits per heavy atom. The van der Waals surface area contributed by atoms with Gasteiger partial charge in [-0.2, -0.15) is 0 Å². The van der Waals surface area contributed by atoms with Crippen molar-refractivity contribution < 1.29 is 19.4 Å². The Balaban J connectivity index is 1.34. The van der Waals surface area contributed by atoms with Gasteiger partial charge < -0.3 is 20.5 Å². The molecule has 32 heavy (non-hydrogen) atoms. The second-order valence-corrected chi connectivity index (χ2v) is 8.69. The largest absolute Gasteiger partial charge is 0.462 e. The first kappa shape index (κ1) is 22.2. The molecular formula is C24H30N4O4. The maximum absolute atomic E-state index is 12.7. The van der Waals surface area contributed by atoms with Gasteiger partial charge in [0.2, 0.25) is 5.88 Å². The molecule has 1 aliphatic carbocycles. The number of carbonyl (C=O) groups is 2. The third-order valence-corrected chi connectivity index (χ3v) is 6.23. The van der Waals surface area contributed by atoms with Gasteiger partial charge in [0.05, 0.1) is 23.4 Å². The molecule has 170 valence electrons. The summed E-state index contributed by atoms with van der Waals surface area (Å²) in [6, 6.07) is 9.57. The van der Waals surface area contributed by atoms with Gasteiger partial charge in [0, 0.05) is 32.9 Å². The molecule has 2 aromatic rings. The monoisotopic (exact) mass is 438 g/mol. The van der Waals surface area contributed by atoms with Crippen molar-refractivity contribution in [1.82, 2.24) is 15.2 Å². The van der Waals surface area contributed by atoms with Crippen molar-refractivity contribution in [3.05, 3.63) is 53.2 Å². The van der Waals surface area contributed by atoms with E-state index in [-0.39, 0.29) is 5.91 Å². The normalized spacial score (nSPS) is 18.7. The SMILES string of the molecule is CNc1cc(C(=O)NC(C)C(O)CN2CCc3ccccc3C2)cnc1OC1(C=O)CC1. The fraction of sp³-hybridized carbons (Fsp3) is 0.458. The quantitative estimate of drug-likeness (QED) is 0.513. The van der Waals surface area contributed by atoms with Crippen LogP contribution in [0.3, 0.4) is 0 Å². The highest BCUT2D eigenvalue weighted by molar-refractivity contribution is 5.95. The number of hydrogen-bond acceptors (Lipinski definition) is 7. The highest BCUT2D eigenvalue weighted by atomic mass is 16.5. The highest BCUT2D eigenvalue weighted by Crippen LogP contribution is 2.39. The van der Waals surface area contributed by atoms with Crippen molar-refractivity contribution in [3.63, 3.8) is 0 Å². The van der Waals surface area contributed by atoms with Gasteiger partial charge in [0.1, 0.15) is 0 Å². The number of aliphatic hydroxyl groups excluding tert-OH is 1. The van der Waals surface area contributed by atoms with Crippen molar-refractivity contribution in [3.8, 4) is 5.88 Å². The van der Waals surface area contributed by atoms with Crippen LogP contribution >= 0.6 is 0 Å². The zero-order valence-electron chi connectivity index (χ0n) is 18.5. The number of benzene rings is 1. The summed E-state index contributed by atoms with van der Waals surface area (Å²) in [5.74, 6) is -0.0280. The van der Waals surface area contributed by atoms with Crippen LogP contribution < -0.4 is 15.4 Å². The van der Waals surface area contributed by atoms with Gasteiger partial charge in [-0.3, -0.25) is 14.5 Å². The summed E-state index contributed by atoms with van der Waals surface area (Å²) in [6.07, 6.45) is 3.82. The van der Waals surface area contributed by atoms with Crippen molar-refractivity contribution in [1.29, 1.82) is 0 Å². The number of aldehydes is 1. The minimum Gasteiger partial charge on any atom is -0.462 e. The minimum atomic E-state index is -0.782. The van der Waals surface area contributed by atoms with E-state index in [4.69, 9.17) is 4.74 Å². The number of fused-ring (bicyclic) bond motifs is 1. The molecule has 2 unspecified atom stereocenters. The summed E-state index contributed by atoms with van der Waals surface area (Å²) in [5.41, 5.74) is 2.75. The van der Waals surface area contributed by atoms with E-state index in [1.165, 1.54) is 17.3 Å². The number of amides is 1. The molecule has 8 nitrogen and oxygen atoms in total. The fourth-order valence-electron chi connectivity index (χ4n) is 3.92. The molecule has 1 saturated carbocycles. The number of nitrogens with zero attached hydrogens (tertiary/aromatic N) is 2. The maximum Gasteiger partial charge on any atom is 0.253 e. The number of β-amino-alcohol motifs (C(OH)–C–C–N with tert-alkyl or cyclic N) is 1. The number of pyridine rings is 1. The van der Waals surface area contributed by atoms with Crippen LogP contribution in [0.1, 0.15) is 41.3 Å². The molecule has 8 heteroatoms. The van der Waals surface area contributed by atoms with Crippen molar-refractivity contribution in [2.24, 2.45) is 0 Å². The number of aliphatic hydroxyl groups is 1. The van der Waals surface area contributed by atoms with E-state index < -0.39 is 17.7 Å². The topological polar surface area (TPSA) is 104 Å². The molecule has 2 atom stereocenters. The molecule has 0 radical (unpaired) electrons. The number of aromatic nitrogens is 1. The van der Waals surface area contributed by atoms with Crippen LogP contribution in [0.2, 0.25) is 0 Å². The van der Waals surface area contributed by atoms with Crippen molar-refractivity contribution in [2.75, 3.05) is 25.5 Å². The first-order chi connectivity index (χ1) is 15.4. The average molecular weight is 439 g/mol. The molecule has 1 aromatic heterocycles. The van der Waals surface area contributed by atoms with E-state index in [9.17, 15) is 14.7 Å². The number of nitrogens with one attached hydrogen (secondary N) is 2. The lowest BCUT2D eigenvalue weighted by atomic mass is 9.99. The summed E-state index contributed by atoms with van der Waals surface area (Å²) in [5, 5.41) is 16.5. The van der Waals surface area contributed by atoms with Crippen LogP contribution in [0, 0.1) is 0 Å². The average Bonchev–Trinajstić information content (AvgIpc) is 3.59. The predicted octanol–water partition coefficient (Wildman–Crippen LogP) is 1.77. The van der Waals surface area contributed by atoms with Gasteiger partial charge in [-0.1, -0.05) is 24.3 Å². The van der Waals surface area contributed by atoms with E-state index in [0.717, 1.165) is 25.8 Å². The molecule has 2 aliphatic rings. The zero-order valence-corrected chi connectivity index (χ0v) is 18.5. The van der Waals surface area contributed by atoms with Crippen LogP contribution in [-0.4, -0.2) is 65.1 Å². The van der Waals surface area contributed by atoms with E-state index in [2.05, 4.69) is 38.7 Å². The summed E-state index contributed by atoms with van der Waals surface area (Å²) < 4.78 is 5.73. The Morgan fingerprint density at radius 3 is 2.78 bits per heavy atom. The summed E-state index contributed by atoms with van der Waals surface area (Å²) in [6.45, 7) is 3.96. The van der Waals surface area contributed by atoms with Crippen LogP contribution in [-0.2, 0) is 17.8 Å². The van der Waals surface area contributed by atoms with Crippen LogP contribution in [0.5, 0.6) is 5.88 Å². The van der Waals surface area contributed by atoms with Crippen LogP contribution in [0.4, 0.5) is 5.69 Å². The first-order valence-electron chi connectivity index (χ1n) is 11.0. The van der Waals surface area contributed by atoms with Gasteiger partial charge >= 0.3 is 0 Å². The summed E-state index contributed by atoms with van der Waals surface area (Å²) in [4.78, 5) is 30.4. The molecule has 0 bridgehead atoms. The molecule has 1 fully saturated rings. The molecule has 3 N–H and O–H groups in total. The third-order valence-electron chi connectivity index (χ3n) is 6.23. The highest BCUT2D eigenvalue weighted by Gasteiger charge is 2.46. The van der Waals surface area contributed by atoms with Crippen molar-refractivity contribution in [2.45, 2.75) is 50.5 Å². The maximum atomic E-state index is 12.7. The fourth-order valence-corrected chi connectivity index (χ4v) is 3.92. The van der Waals surface area contributed by atoms with Gasteiger partial charge in [0.25, 0.3) is 5.91 Å². The number of carbonyl (C=O) groups excluding carboxylic acids is 2. The van der Waals surface area contributed by atoms with Gasteiger partial charge in [-0.25, -0.2) is 4.98 Å². The third kappa shape index (κ3) is 4.92. The lowest BCUT2D eigenvalue weighted by Crippen LogP contribution is -2.47. The van der Waals surface area contributed by atoms with E-state index in [0.29, 0.717) is 36.5 Å². The van der Waals surface area contributed by atoms with Crippen LogP contribution in [0.15, 0.2) is 36.5 Å². The summed E-state index contributed by atoms with van der Waals surface area (Å²) >= 11 is 0. The minimum absolute atomic E-state index is 0.298. The number of ether oxygens (including phenoxy) is 1. The standard InChI is InChI=1S/C24H30N4O4/c1-16(21(30)14-28-10-7-17-5-3-4-6-18(17)13-28)27-22(31)19-11-20(25-2)23(26-12-19)32-24(15-29)8-9-24/h3-6,11-12,15-16,21,25,30H,7-10,13-14H2,1-2H3,(H,27,31). The van der Waals surface area contributed by atoms with E-state index in [1.54, 1.807) is 20.0 Å². The lowest BCUT2D eigenvalue weighted by molar-refractivity contribution is -0.115. The summed E-state index contributed by atoms with van der Waals surface area (Å²) in [7, 11) is 1.70. The Bertz CT molecular complexity index is 992. The number of hydrogen-bond donors (Lipinski definition) is 3. The Hall–Kier alpha value is -2.97. The van der Waals surface area contributed by atoms with Gasteiger partial charge in [-0.15, -0.1) is 0 Å². The molecule has 2 heterocycles. The van der Waals surface area contributed by atoms with Crippen LogP contribution in [0.25, 0.3) is 0 Å². The zero-order chi connectivity index (χ0) is 22.7. The predicted molar refractivity (Wildman–Crippen MR) is 121 cm³/mol. The number of rotatable bonds is 9. The van der Waals surface area contributed by atoms with Crippen molar-refractivity contribution >= 4 is 17.9 Å². The number of anilines is 1. The second kappa shape index (κ2) is 9.26. The van der Waals surface area contributed by atoms with Gasteiger partial charge in [0.15, 0.2) is 11.9 Å². The van der Waals surface area contributed by atoms with E-state index >= 15 is 0 Å². The lowest BCUT2D eigenvalue weighted by Gasteiger charge is -2.32. The molecular weight excluding hydrogens is 408 g/mol. The Labute approximate surface area is 188 Å². The Morgan fingerprint density at radius 1 is 1.34 bits per heavy atom. The molecule has 4 rings (SSSR count). The molecule has 0 spiro atoms. The second-order valence-electron chi connectivity index (χ2n) is 8.69. The molecule has 1 aliphatic heterocycles. The molecule has 1 aromatic carbocycles. The molecule has 0 saturated heterocycles. The Kier molecular flexibility index (Phi) is 6.43. The van der Waals surface area contributed by atoms with E-state index in [1.807, 2.05) is 6.07 Å².